The molecule has 5 rings (SSSR count). The van der Waals surface area contributed by atoms with Gasteiger partial charge in [-0.05, 0) is 36.0 Å². The van der Waals surface area contributed by atoms with Crippen LogP contribution >= 0.6 is 0 Å². The standard InChI is InChI=1S/C23H21FN6O/c1-14(10-27-23(24)25)16-3-2-4-18-17(16)7-8-30-20(18)9-21(26-11-22(30)31)29-12-19(28-13-29)15-5-6-15/h2-4,9-10,12-13,15,25H,1,5-8,11H2/b25-23?,27-10-. The minimum absolute atomic E-state index is 0.0499. The van der Waals surface area contributed by atoms with Crippen LogP contribution in [0.4, 0.5) is 4.39 Å². The van der Waals surface area contributed by atoms with Gasteiger partial charge < -0.3 is 4.90 Å². The fourth-order valence-corrected chi connectivity index (χ4v) is 4.12. The maximum atomic E-state index is 12.8. The highest BCUT2D eigenvalue weighted by molar-refractivity contribution is 6.13. The molecule has 0 saturated heterocycles. The predicted octanol–water partition coefficient (Wildman–Crippen LogP) is 3.43. The molecule has 1 aromatic carbocycles. The highest BCUT2D eigenvalue weighted by Gasteiger charge is 2.30. The Morgan fingerprint density at radius 1 is 1.35 bits per heavy atom. The molecule has 0 unspecified atom stereocenters. The molecule has 1 N–H and O–H groups in total. The Balaban J connectivity index is 1.56. The van der Waals surface area contributed by atoms with E-state index < -0.39 is 6.09 Å². The summed E-state index contributed by atoms with van der Waals surface area (Å²) in [7, 11) is 0. The minimum atomic E-state index is -1.26. The highest BCUT2D eigenvalue weighted by atomic mass is 19.1. The molecule has 2 aromatic rings. The number of hydrogen-bond acceptors (Lipinski definition) is 4. The maximum absolute atomic E-state index is 12.8. The Hall–Kier alpha value is -3.68. The van der Waals surface area contributed by atoms with Crippen LogP contribution in [0.1, 0.15) is 41.1 Å². The van der Waals surface area contributed by atoms with E-state index >= 15 is 0 Å². The lowest BCUT2D eigenvalue weighted by molar-refractivity contribution is -0.126. The van der Waals surface area contributed by atoms with Gasteiger partial charge in [-0.2, -0.15) is 4.39 Å². The van der Waals surface area contributed by atoms with Crippen LogP contribution in [-0.4, -0.2) is 51.6 Å². The molecule has 1 amide bonds. The van der Waals surface area contributed by atoms with Crippen molar-refractivity contribution in [1.82, 2.24) is 14.5 Å². The first kappa shape index (κ1) is 19.3. The van der Waals surface area contributed by atoms with Gasteiger partial charge >= 0.3 is 6.09 Å². The zero-order valence-electron chi connectivity index (χ0n) is 16.9. The molecule has 1 saturated carbocycles. The van der Waals surface area contributed by atoms with Crippen molar-refractivity contribution in [2.24, 2.45) is 9.98 Å². The molecule has 0 atom stereocenters. The van der Waals surface area contributed by atoms with Gasteiger partial charge in [0.25, 0.3) is 0 Å². The second kappa shape index (κ2) is 7.54. The van der Waals surface area contributed by atoms with Crippen molar-refractivity contribution in [2.75, 3.05) is 13.1 Å². The van der Waals surface area contributed by atoms with Crippen LogP contribution in [0.5, 0.6) is 0 Å². The molecule has 0 radical (unpaired) electrons. The number of carbonyl (C=O) groups excluding carboxylic acids is 1. The Morgan fingerprint density at radius 3 is 2.97 bits per heavy atom. The number of rotatable bonds is 3. The summed E-state index contributed by atoms with van der Waals surface area (Å²) < 4.78 is 14.6. The lowest BCUT2D eigenvalue weighted by atomic mass is 9.89. The van der Waals surface area contributed by atoms with Crippen LogP contribution in [0.3, 0.4) is 0 Å². The van der Waals surface area contributed by atoms with E-state index in [1.54, 1.807) is 11.2 Å². The van der Waals surface area contributed by atoms with Gasteiger partial charge in [-0.15, -0.1) is 0 Å². The van der Waals surface area contributed by atoms with Gasteiger partial charge in [-0.25, -0.2) is 9.98 Å². The van der Waals surface area contributed by atoms with Crippen molar-refractivity contribution >= 4 is 35.3 Å². The van der Waals surface area contributed by atoms with Gasteiger partial charge in [-0.3, -0.25) is 19.8 Å². The number of benzene rings is 1. The molecule has 0 spiro atoms. The first-order valence-electron chi connectivity index (χ1n) is 10.2. The normalized spacial score (nSPS) is 18.2. The molecule has 2 aliphatic heterocycles. The largest absolute Gasteiger partial charge is 0.310 e. The summed E-state index contributed by atoms with van der Waals surface area (Å²) in [5.41, 5.74) is 5.13. The smallest absolute Gasteiger partial charge is 0.301 e. The Kier molecular flexibility index (Phi) is 4.69. The molecule has 3 heterocycles. The van der Waals surface area contributed by atoms with E-state index in [2.05, 4.69) is 21.5 Å². The SMILES string of the molecule is C=C(/C=N\C(=N)F)c1cccc2c1CCN1C(=O)CN=C(n3cnc(C4CC4)c3)C=C21. The van der Waals surface area contributed by atoms with Crippen molar-refractivity contribution < 1.29 is 9.18 Å². The van der Waals surface area contributed by atoms with Gasteiger partial charge in [0.2, 0.25) is 5.91 Å². The van der Waals surface area contributed by atoms with Gasteiger partial charge in [0.15, 0.2) is 0 Å². The number of aromatic nitrogens is 2. The third kappa shape index (κ3) is 3.65. The van der Waals surface area contributed by atoms with Crippen LogP contribution in [0.15, 0.2) is 53.4 Å². The van der Waals surface area contributed by atoms with Gasteiger partial charge in [0.05, 0.1) is 11.4 Å². The second-order valence-electron chi connectivity index (χ2n) is 7.89. The quantitative estimate of drug-likeness (QED) is 0.472. The number of amides is 1. The second-order valence-corrected chi connectivity index (χ2v) is 7.89. The monoisotopic (exact) mass is 416 g/mol. The Morgan fingerprint density at radius 2 is 2.19 bits per heavy atom. The van der Waals surface area contributed by atoms with Crippen LogP contribution < -0.4 is 0 Å². The van der Waals surface area contributed by atoms with Gasteiger partial charge in [0, 0.05) is 36.5 Å². The molecule has 7 nitrogen and oxygen atoms in total. The third-order valence-corrected chi connectivity index (χ3v) is 5.81. The zero-order valence-corrected chi connectivity index (χ0v) is 16.9. The molecule has 31 heavy (non-hydrogen) atoms. The average molecular weight is 416 g/mol. The van der Waals surface area contributed by atoms with Crippen LogP contribution in [0.2, 0.25) is 0 Å². The molecule has 0 bridgehead atoms. The van der Waals surface area contributed by atoms with E-state index in [1.807, 2.05) is 35.0 Å². The maximum Gasteiger partial charge on any atom is 0.301 e. The topological polar surface area (TPSA) is 86.7 Å². The number of hydrogen-bond donors (Lipinski definition) is 1. The number of carbonyl (C=O) groups is 1. The van der Waals surface area contributed by atoms with Gasteiger partial charge in [-0.1, -0.05) is 24.8 Å². The Labute approximate surface area is 178 Å². The summed E-state index contributed by atoms with van der Waals surface area (Å²) >= 11 is 0. The molecule has 1 fully saturated rings. The fraction of sp³-hybridized carbons (Fsp3) is 0.261. The van der Waals surface area contributed by atoms with E-state index in [0.29, 0.717) is 30.3 Å². The number of fused-ring (bicyclic) bond motifs is 3. The first-order chi connectivity index (χ1) is 15.0. The predicted molar refractivity (Wildman–Crippen MR) is 118 cm³/mol. The fourth-order valence-electron chi connectivity index (χ4n) is 4.12. The highest BCUT2D eigenvalue weighted by Crippen LogP contribution is 2.39. The molecule has 1 aliphatic carbocycles. The minimum Gasteiger partial charge on any atom is -0.310 e. The zero-order chi connectivity index (χ0) is 21.5. The summed E-state index contributed by atoms with van der Waals surface area (Å²) in [6.45, 7) is 4.59. The lowest BCUT2D eigenvalue weighted by Gasteiger charge is -2.32. The Bertz CT molecular complexity index is 1200. The molecule has 156 valence electrons. The number of imidazole rings is 1. The van der Waals surface area contributed by atoms with Crippen molar-refractivity contribution in [1.29, 1.82) is 5.41 Å². The summed E-state index contributed by atoms with van der Waals surface area (Å²) in [6.07, 6.45) is 8.66. The number of halogens is 1. The lowest BCUT2D eigenvalue weighted by Crippen LogP contribution is -2.36. The summed E-state index contributed by atoms with van der Waals surface area (Å²) in [5, 5.41) is 6.86. The summed E-state index contributed by atoms with van der Waals surface area (Å²) in [6, 6.07) is 5.75. The number of amidine groups is 1. The van der Waals surface area contributed by atoms with Crippen LogP contribution in [0, 0.1) is 5.41 Å². The third-order valence-electron chi connectivity index (χ3n) is 5.81. The molecule has 3 aliphatic rings. The summed E-state index contributed by atoms with van der Waals surface area (Å²) in [5.74, 6) is 1.16. The van der Waals surface area contributed by atoms with Crippen molar-refractivity contribution in [3.8, 4) is 0 Å². The van der Waals surface area contributed by atoms with Gasteiger partial charge in [0.1, 0.15) is 18.7 Å². The average Bonchev–Trinajstić information content (AvgIpc) is 3.53. The van der Waals surface area contributed by atoms with E-state index in [1.165, 1.54) is 19.1 Å². The number of allylic oxidation sites excluding steroid dienone is 2. The number of nitrogens with one attached hydrogen (secondary N) is 1. The molecular formula is C23H21FN6O. The van der Waals surface area contributed by atoms with E-state index in [9.17, 15) is 9.18 Å². The van der Waals surface area contributed by atoms with E-state index in [0.717, 1.165) is 28.1 Å². The van der Waals surface area contributed by atoms with Crippen LogP contribution in [-0.2, 0) is 11.2 Å². The van der Waals surface area contributed by atoms with Crippen LogP contribution in [0.25, 0.3) is 11.3 Å². The molecule has 1 aromatic heterocycles. The molecular weight excluding hydrogens is 395 g/mol. The summed E-state index contributed by atoms with van der Waals surface area (Å²) in [4.78, 5) is 27.0. The van der Waals surface area contributed by atoms with E-state index in [4.69, 9.17) is 5.41 Å². The van der Waals surface area contributed by atoms with Crippen molar-refractivity contribution in [3.63, 3.8) is 0 Å². The number of aliphatic imine (C=N–C) groups is 2. The van der Waals surface area contributed by atoms with Crippen molar-refractivity contribution in [2.45, 2.75) is 25.2 Å². The first-order valence-corrected chi connectivity index (χ1v) is 10.2. The number of nitrogens with zero attached hydrogens (tertiary/aromatic N) is 5. The van der Waals surface area contributed by atoms with E-state index in [-0.39, 0.29) is 12.5 Å². The molecule has 8 heteroatoms. The van der Waals surface area contributed by atoms with Crippen molar-refractivity contribution in [3.05, 3.63) is 65.8 Å².